The summed E-state index contributed by atoms with van der Waals surface area (Å²) in [5.74, 6) is -0.742. The van der Waals surface area contributed by atoms with Crippen LogP contribution < -0.4 is 5.73 Å². The molecule has 0 bridgehead atoms. The van der Waals surface area contributed by atoms with Crippen molar-refractivity contribution in [3.63, 3.8) is 0 Å². The lowest BCUT2D eigenvalue weighted by Gasteiger charge is -2.09. The fraction of sp³-hybridized carbons (Fsp3) is 0.917. The number of hydrogen-bond acceptors (Lipinski definition) is 2. The zero-order chi connectivity index (χ0) is 11.5. The second-order valence-corrected chi connectivity index (χ2v) is 4.25. The molecule has 0 aromatic carbocycles. The summed E-state index contributed by atoms with van der Waals surface area (Å²) in [7, 11) is 0. The molecule has 0 amide bonds. The summed E-state index contributed by atoms with van der Waals surface area (Å²) in [6.45, 7) is 2.21. The van der Waals surface area contributed by atoms with Crippen molar-refractivity contribution in [2.45, 2.75) is 70.8 Å². The van der Waals surface area contributed by atoms with Gasteiger partial charge in [-0.15, -0.1) is 0 Å². The van der Waals surface area contributed by atoms with E-state index in [1.807, 2.05) is 0 Å². The van der Waals surface area contributed by atoms with Gasteiger partial charge < -0.3 is 10.8 Å². The molecule has 0 aliphatic heterocycles. The average molecular weight is 215 g/mol. The van der Waals surface area contributed by atoms with Crippen molar-refractivity contribution in [3.05, 3.63) is 0 Å². The number of hydrogen-bond donors (Lipinski definition) is 2. The maximum absolute atomic E-state index is 10.3. The normalized spacial score (nSPS) is 12.7. The summed E-state index contributed by atoms with van der Waals surface area (Å²) < 4.78 is 0. The molecule has 90 valence electrons. The monoisotopic (exact) mass is 215 g/mol. The summed E-state index contributed by atoms with van der Waals surface area (Å²) in [5.41, 5.74) is 5.80. The highest BCUT2D eigenvalue weighted by Crippen LogP contribution is 2.09. The van der Waals surface area contributed by atoms with Crippen LogP contribution >= 0.6 is 0 Å². The van der Waals surface area contributed by atoms with E-state index in [0.29, 0.717) is 6.42 Å². The number of rotatable bonds is 10. The van der Waals surface area contributed by atoms with Crippen molar-refractivity contribution in [3.8, 4) is 0 Å². The third-order valence-corrected chi connectivity index (χ3v) is 2.66. The third-order valence-electron chi connectivity index (χ3n) is 2.66. The van der Waals surface area contributed by atoms with E-state index in [1.165, 1.54) is 32.1 Å². The molecule has 0 radical (unpaired) electrons. The second kappa shape index (κ2) is 9.97. The van der Waals surface area contributed by atoms with Gasteiger partial charge in [0.2, 0.25) is 0 Å². The Hall–Kier alpha value is -0.570. The zero-order valence-electron chi connectivity index (χ0n) is 9.87. The zero-order valence-corrected chi connectivity index (χ0v) is 9.87. The maximum atomic E-state index is 10.3. The lowest BCUT2D eigenvalue weighted by atomic mass is 10.0. The van der Waals surface area contributed by atoms with Gasteiger partial charge >= 0.3 is 5.97 Å². The Bertz CT molecular complexity index is 160. The first-order valence-corrected chi connectivity index (χ1v) is 6.14. The smallest absolute Gasteiger partial charge is 0.303 e. The van der Waals surface area contributed by atoms with Crippen LogP contribution in [-0.2, 0) is 4.79 Å². The van der Waals surface area contributed by atoms with Gasteiger partial charge in [0.05, 0.1) is 0 Å². The first-order chi connectivity index (χ1) is 7.16. The molecule has 0 aromatic rings. The first kappa shape index (κ1) is 14.4. The van der Waals surface area contributed by atoms with Crippen molar-refractivity contribution >= 4 is 5.97 Å². The summed E-state index contributed by atoms with van der Waals surface area (Å²) >= 11 is 0. The van der Waals surface area contributed by atoms with Crippen LogP contribution in [0.2, 0.25) is 0 Å². The standard InChI is InChI=1S/C12H25NO2/c1-2-3-4-5-6-7-8-11(13)9-10-12(14)15/h11H,2-10,13H2,1H3,(H,14,15)/t11-/m0/s1. The fourth-order valence-electron chi connectivity index (χ4n) is 1.64. The molecule has 0 aliphatic carbocycles. The number of nitrogens with two attached hydrogens (primary N) is 1. The SMILES string of the molecule is CCCCCCCC[C@H](N)CCC(=O)O. The van der Waals surface area contributed by atoms with Crippen molar-refractivity contribution in [1.82, 2.24) is 0 Å². The van der Waals surface area contributed by atoms with Gasteiger partial charge in [-0.25, -0.2) is 0 Å². The molecule has 0 rings (SSSR count). The van der Waals surface area contributed by atoms with E-state index >= 15 is 0 Å². The molecule has 3 N–H and O–H groups in total. The van der Waals surface area contributed by atoms with Crippen LogP contribution in [-0.4, -0.2) is 17.1 Å². The maximum Gasteiger partial charge on any atom is 0.303 e. The molecule has 1 atom stereocenters. The van der Waals surface area contributed by atoms with E-state index in [4.69, 9.17) is 10.8 Å². The molecule has 0 unspecified atom stereocenters. The van der Waals surface area contributed by atoms with Crippen molar-refractivity contribution in [1.29, 1.82) is 0 Å². The van der Waals surface area contributed by atoms with E-state index < -0.39 is 5.97 Å². The highest BCUT2D eigenvalue weighted by atomic mass is 16.4. The number of unbranched alkanes of at least 4 members (excludes halogenated alkanes) is 5. The van der Waals surface area contributed by atoms with Crippen LogP contribution in [0, 0.1) is 0 Å². The van der Waals surface area contributed by atoms with E-state index in [9.17, 15) is 4.79 Å². The molecule has 0 fully saturated rings. The summed E-state index contributed by atoms with van der Waals surface area (Å²) in [5, 5.41) is 8.48. The predicted octanol–water partition coefficient (Wildman–Crippen LogP) is 2.93. The fourth-order valence-corrected chi connectivity index (χ4v) is 1.64. The highest BCUT2D eigenvalue weighted by molar-refractivity contribution is 5.66. The van der Waals surface area contributed by atoms with Crippen LogP contribution in [0.1, 0.15) is 64.7 Å². The Morgan fingerprint density at radius 3 is 2.33 bits per heavy atom. The topological polar surface area (TPSA) is 63.3 Å². The Morgan fingerprint density at radius 2 is 1.73 bits per heavy atom. The Balaban J connectivity index is 3.16. The van der Waals surface area contributed by atoms with Gasteiger partial charge in [0.25, 0.3) is 0 Å². The quantitative estimate of drug-likeness (QED) is 0.551. The van der Waals surface area contributed by atoms with Gasteiger partial charge in [-0.05, 0) is 12.8 Å². The third kappa shape index (κ3) is 11.4. The van der Waals surface area contributed by atoms with E-state index in [-0.39, 0.29) is 12.5 Å². The summed E-state index contributed by atoms with van der Waals surface area (Å²) in [6.07, 6.45) is 9.38. The minimum absolute atomic E-state index is 0.0762. The van der Waals surface area contributed by atoms with Crippen molar-refractivity contribution < 1.29 is 9.90 Å². The molecule has 0 spiro atoms. The second-order valence-electron chi connectivity index (χ2n) is 4.25. The van der Waals surface area contributed by atoms with Gasteiger partial charge in [0.15, 0.2) is 0 Å². The van der Waals surface area contributed by atoms with Gasteiger partial charge in [0, 0.05) is 12.5 Å². The molecule has 0 saturated carbocycles. The van der Waals surface area contributed by atoms with Crippen molar-refractivity contribution in [2.75, 3.05) is 0 Å². The molecule has 15 heavy (non-hydrogen) atoms. The minimum Gasteiger partial charge on any atom is -0.481 e. The molecule has 0 heterocycles. The predicted molar refractivity (Wildman–Crippen MR) is 62.8 cm³/mol. The largest absolute Gasteiger partial charge is 0.481 e. The lowest BCUT2D eigenvalue weighted by molar-refractivity contribution is -0.137. The summed E-state index contributed by atoms with van der Waals surface area (Å²) in [6, 6.07) is 0.0762. The minimum atomic E-state index is -0.742. The van der Waals surface area contributed by atoms with Crippen molar-refractivity contribution in [2.24, 2.45) is 5.73 Å². The Morgan fingerprint density at radius 1 is 1.13 bits per heavy atom. The lowest BCUT2D eigenvalue weighted by Crippen LogP contribution is -2.20. The number of carboxylic acids is 1. The van der Waals surface area contributed by atoms with E-state index in [1.54, 1.807) is 0 Å². The Kier molecular flexibility index (Phi) is 9.59. The van der Waals surface area contributed by atoms with Crippen LogP contribution in [0.25, 0.3) is 0 Å². The molecular weight excluding hydrogens is 190 g/mol. The van der Waals surface area contributed by atoms with Gasteiger partial charge in [0.1, 0.15) is 0 Å². The van der Waals surface area contributed by atoms with Crippen LogP contribution in [0.15, 0.2) is 0 Å². The molecule has 0 aromatic heterocycles. The van der Waals surface area contributed by atoms with Gasteiger partial charge in [-0.3, -0.25) is 4.79 Å². The van der Waals surface area contributed by atoms with E-state index in [0.717, 1.165) is 12.8 Å². The number of carboxylic acid groups (broad SMARTS) is 1. The first-order valence-electron chi connectivity index (χ1n) is 6.14. The van der Waals surface area contributed by atoms with Crippen LogP contribution in [0.4, 0.5) is 0 Å². The Labute approximate surface area is 93.0 Å². The van der Waals surface area contributed by atoms with E-state index in [2.05, 4.69) is 6.92 Å². The molecule has 0 aliphatic rings. The average Bonchev–Trinajstić information content (AvgIpc) is 2.20. The molecule has 0 saturated heterocycles. The number of aliphatic carboxylic acids is 1. The van der Waals surface area contributed by atoms with Gasteiger partial charge in [-0.1, -0.05) is 45.4 Å². The molecule has 3 nitrogen and oxygen atoms in total. The summed E-state index contributed by atoms with van der Waals surface area (Å²) in [4.78, 5) is 10.3. The molecular formula is C12H25NO2. The van der Waals surface area contributed by atoms with Crippen LogP contribution in [0.5, 0.6) is 0 Å². The van der Waals surface area contributed by atoms with Crippen LogP contribution in [0.3, 0.4) is 0 Å². The van der Waals surface area contributed by atoms with Gasteiger partial charge in [-0.2, -0.15) is 0 Å². The number of carbonyl (C=O) groups is 1. The molecule has 3 heteroatoms. The highest BCUT2D eigenvalue weighted by Gasteiger charge is 2.05.